The maximum atomic E-state index is 12.5. The summed E-state index contributed by atoms with van der Waals surface area (Å²) in [6.45, 7) is 1.28. The lowest BCUT2D eigenvalue weighted by Crippen LogP contribution is -2.40. The van der Waals surface area contributed by atoms with Crippen molar-refractivity contribution in [1.29, 1.82) is 0 Å². The molecule has 2 aromatic rings. The Morgan fingerprint density at radius 1 is 1.41 bits per heavy atom. The number of hydrogen-bond donors (Lipinski definition) is 1. The normalized spacial score (nSPS) is 17.4. The van der Waals surface area contributed by atoms with Crippen LogP contribution < -0.4 is 5.73 Å². The van der Waals surface area contributed by atoms with Gasteiger partial charge in [0.05, 0.1) is 5.69 Å². The molecule has 2 heterocycles. The largest absolute Gasteiger partial charge is 0.333 e. The molecule has 1 unspecified atom stereocenters. The van der Waals surface area contributed by atoms with Crippen LogP contribution >= 0.6 is 28.3 Å². The van der Waals surface area contributed by atoms with Crippen LogP contribution in [0, 0.1) is 0 Å². The Kier molecular flexibility index (Phi) is 5.61. The summed E-state index contributed by atoms with van der Waals surface area (Å²) in [6.07, 6.45) is 3.80. The first-order valence-corrected chi connectivity index (χ1v) is 7.81. The Morgan fingerprint density at radius 3 is 2.95 bits per heavy atom. The number of hydrogen-bond acceptors (Lipinski definition) is 3. The Labute approximate surface area is 144 Å². The van der Waals surface area contributed by atoms with Gasteiger partial charge in [0.15, 0.2) is 5.69 Å². The van der Waals surface area contributed by atoms with Crippen LogP contribution in [0.15, 0.2) is 41.0 Å². The lowest BCUT2D eigenvalue weighted by Gasteiger charge is -2.22. The van der Waals surface area contributed by atoms with Gasteiger partial charge in [-0.25, -0.2) is 4.68 Å². The fraction of sp³-hybridized carbons (Fsp3) is 0.333. The highest BCUT2D eigenvalue weighted by Gasteiger charge is 2.29. The van der Waals surface area contributed by atoms with Crippen LogP contribution in [-0.4, -0.2) is 39.7 Å². The molecule has 0 radical (unpaired) electrons. The van der Waals surface area contributed by atoms with Crippen molar-refractivity contribution in [2.75, 3.05) is 13.1 Å². The van der Waals surface area contributed by atoms with Crippen LogP contribution in [0.5, 0.6) is 0 Å². The summed E-state index contributed by atoms with van der Waals surface area (Å²) in [5.74, 6) is -0.0308. The molecule has 2 N–H and O–H groups in total. The first-order valence-electron chi connectivity index (χ1n) is 7.01. The Bertz CT molecular complexity index is 660. The Hall–Kier alpha value is -1.37. The molecule has 1 aliphatic rings. The van der Waals surface area contributed by atoms with Crippen LogP contribution in [-0.2, 0) is 0 Å². The average Bonchev–Trinajstić information content (AvgIpc) is 3.15. The van der Waals surface area contributed by atoms with Crippen molar-refractivity contribution in [1.82, 2.24) is 14.7 Å². The molecule has 0 bridgehead atoms. The van der Waals surface area contributed by atoms with E-state index in [1.807, 2.05) is 35.4 Å². The summed E-state index contributed by atoms with van der Waals surface area (Å²) in [4.78, 5) is 14.4. The van der Waals surface area contributed by atoms with E-state index in [2.05, 4.69) is 21.0 Å². The SMILES string of the molecule is Cl.NCC1CCCN1C(=O)c1ccn(-c2cccc(Br)c2)n1. The van der Waals surface area contributed by atoms with Crippen LogP contribution in [0.2, 0.25) is 0 Å². The van der Waals surface area contributed by atoms with E-state index < -0.39 is 0 Å². The maximum Gasteiger partial charge on any atom is 0.274 e. The highest BCUT2D eigenvalue weighted by Crippen LogP contribution is 2.20. The summed E-state index contributed by atoms with van der Waals surface area (Å²) in [6, 6.07) is 9.70. The number of nitrogens with two attached hydrogens (primary N) is 1. The lowest BCUT2D eigenvalue weighted by molar-refractivity contribution is 0.0735. The summed E-state index contributed by atoms with van der Waals surface area (Å²) < 4.78 is 2.69. The van der Waals surface area contributed by atoms with Gasteiger partial charge >= 0.3 is 0 Å². The molecule has 1 saturated heterocycles. The van der Waals surface area contributed by atoms with E-state index in [0.717, 1.165) is 29.5 Å². The van der Waals surface area contributed by atoms with Gasteiger partial charge in [-0.05, 0) is 37.1 Å². The molecule has 1 fully saturated rings. The van der Waals surface area contributed by atoms with E-state index in [9.17, 15) is 4.79 Å². The number of benzene rings is 1. The molecule has 1 aromatic carbocycles. The quantitative estimate of drug-likeness (QED) is 0.883. The third-order valence-corrected chi connectivity index (χ3v) is 4.28. The van der Waals surface area contributed by atoms with Crippen molar-refractivity contribution < 1.29 is 4.79 Å². The minimum Gasteiger partial charge on any atom is -0.333 e. The van der Waals surface area contributed by atoms with E-state index in [4.69, 9.17) is 5.73 Å². The molecule has 5 nitrogen and oxygen atoms in total. The molecule has 22 heavy (non-hydrogen) atoms. The molecule has 1 atom stereocenters. The van der Waals surface area contributed by atoms with Gasteiger partial charge in [-0.15, -0.1) is 12.4 Å². The first kappa shape index (κ1) is 17.0. The van der Waals surface area contributed by atoms with Gasteiger partial charge in [0.2, 0.25) is 0 Å². The Morgan fingerprint density at radius 2 is 2.23 bits per heavy atom. The van der Waals surface area contributed by atoms with Gasteiger partial charge in [0, 0.05) is 29.8 Å². The summed E-state index contributed by atoms with van der Waals surface area (Å²) in [7, 11) is 0. The number of carbonyl (C=O) groups is 1. The number of aromatic nitrogens is 2. The number of nitrogens with zero attached hydrogens (tertiary/aromatic N) is 3. The van der Waals surface area contributed by atoms with Gasteiger partial charge < -0.3 is 10.6 Å². The Balaban J connectivity index is 0.00000176. The zero-order valence-electron chi connectivity index (χ0n) is 12.0. The molecule has 0 aliphatic carbocycles. The standard InChI is InChI=1S/C15H17BrN4O.ClH/c16-11-3-1-4-12(9-11)20-8-6-14(18-20)15(21)19-7-2-5-13(19)10-17;/h1,3-4,6,8-9,13H,2,5,7,10,17H2;1H. The van der Waals surface area contributed by atoms with Crippen molar-refractivity contribution in [3.63, 3.8) is 0 Å². The third-order valence-electron chi connectivity index (χ3n) is 3.79. The number of carbonyl (C=O) groups excluding carboxylic acids is 1. The summed E-state index contributed by atoms with van der Waals surface area (Å²) in [5, 5.41) is 4.40. The van der Waals surface area contributed by atoms with Gasteiger partial charge in [-0.1, -0.05) is 22.0 Å². The predicted molar refractivity (Wildman–Crippen MR) is 91.6 cm³/mol. The minimum atomic E-state index is -0.0308. The van der Waals surface area contributed by atoms with E-state index >= 15 is 0 Å². The van der Waals surface area contributed by atoms with Crippen molar-refractivity contribution in [2.24, 2.45) is 5.73 Å². The van der Waals surface area contributed by atoms with Crippen LogP contribution in [0.25, 0.3) is 5.69 Å². The molecule has 3 rings (SSSR count). The minimum absolute atomic E-state index is 0. The van der Waals surface area contributed by atoms with E-state index in [1.165, 1.54) is 0 Å². The molecule has 7 heteroatoms. The summed E-state index contributed by atoms with van der Waals surface area (Å²) in [5.41, 5.74) is 7.11. The average molecular weight is 386 g/mol. The summed E-state index contributed by atoms with van der Waals surface area (Å²) >= 11 is 3.44. The third kappa shape index (κ3) is 3.34. The fourth-order valence-electron chi connectivity index (χ4n) is 2.70. The zero-order chi connectivity index (χ0) is 14.8. The smallest absolute Gasteiger partial charge is 0.274 e. The molecular weight excluding hydrogens is 368 g/mol. The predicted octanol–water partition coefficient (Wildman–Crippen LogP) is 2.62. The van der Waals surface area contributed by atoms with Gasteiger partial charge in [0.25, 0.3) is 5.91 Å². The van der Waals surface area contributed by atoms with Crippen molar-refractivity contribution in [3.05, 3.63) is 46.7 Å². The van der Waals surface area contributed by atoms with Crippen LogP contribution in [0.4, 0.5) is 0 Å². The van der Waals surface area contributed by atoms with Crippen LogP contribution in [0.3, 0.4) is 0 Å². The molecule has 1 aromatic heterocycles. The molecule has 1 aliphatic heterocycles. The van der Waals surface area contributed by atoms with E-state index in [1.54, 1.807) is 10.7 Å². The molecule has 0 saturated carbocycles. The molecule has 0 spiro atoms. The highest BCUT2D eigenvalue weighted by atomic mass is 79.9. The zero-order valence-corrected chi connectivity index (χ0v) is 14.4. The number of amides is 1. The van der Waals surface area contributed by atoms with Crippen LogP contribution in [0.1, 0.15) is 23.3 Å². The van der Waals surface area contributed by atoms with Crippen molar-refractivity contribution in [3.8, 4) is 5.69 Å². The van der Waals surface area contributed by atoms with E-state index in [0.29, 0.717) is 12.2 Å². The monoisotopic (exact) mass is 384 g/mol. The number of halogens is 2. The fourth-order valence-corrected chi connectivity index (χ4v) is 3.08. The second-order valence-electron chi connectivity index (χ2n) is 5.16. The molecular formula is C15H18BrClN4O. The maximum absolute atomic E-state index is 12.5. The van der Waals surface area contributed by atoms with E-state index in [-0.39, 0.29) is 24.4 Å². The van der Waals surface area contributed by atoms with Gasteiger partial charge in [-0.2, -0.15) is 5.10 Å². The first-order chi connectivity index (χ1) is 10.2. The lowest BCUT2D eigenvalue weighted by atomic mass is 10.2. The number of likely N-dealkylation sites (tertiary alicyclic amines) is 1. The second-order valence-corrected chi connectivity index (χ2v) is 6.07. The van der Waals surface area contributed by atoms with Crippen molar-refractivity contribution in [2.45, 2.75) is 18.9 Å². The topological polar surface area (TPSA) is 64.2 Å². The molecule has 1 amide bonds. The number of rotatable bonds is 3. The van der Waals surface area contributed by atoms with Gasteiger partial charge in [0.1, 0.15) is 0 Å². The molecule has 118 valence electrons. The highest BCUT2D eigenvalue weighted by molar-refractivity contribution is 9.10. The van der Waals surface area contributed by atoms with Gasteiger partial charge in [-0.3, -0.25) is 4.79 Å². The second kappa shape index (κ2) is 7.26. The van der Waals surface area contributed by atoms with Crippen molar-refractivity contribution >= 4 is 34.2 Å².